The van der Waals surface area contributed by atoms with Gasteiger partial charge in [-0.2, -0.15) is 8.78 Å². The highest BCUT2D eigenvalue weighted by molar-refractivity contribution is 5.76. The quantitative estimate of drug-likeness (QED) is 0.762. The number of aryl methyl sites for hydroxylation is 2. The molecule has 18 heavy (non-hydrogen) atoms. The topological polar surface area (TPSA) is 48.4 Å². The number of ether oxygens (including phenoxy) is 2. The van der Waals surface area contributed by atoms with E-state index in [1.807, 2.05) is 0 Å². The van der Waals surface area contributed by atoms with Crippen LogP contribution in [0.3, 0.4) is 0 Å². The zero-order valence-electron chi connectivity index (χ0n) is 10.5. The summed E-state index contributed by atoms with van der Waals surface area (Å²) in [5, 5.41) is 0. The summed E-state index contributed by atoms with van der Waals surface area (Å²) in [6.07, 6.45) is -3.58. The van der Waals surface area contributed by atoms with Gasteiger partial charge in [0.15, 0.2) is 0 Å². The van der Waals surface area contributed by atoms with Gasteiger partial charge in [-0.25, -0.2) is 4.79 Å². The molecule has 0 aromatic carbocycles. The molecule has 1 heterocycles. The molecule has 0 N–H and O–H groups in total. The average molecular weight is 259 g/mol. The van der Waals surface area contributed by atoms with Gasteiger partial charge in [0.05, 0.1) is 12.3 Å². The molecule has 100 valence electrons. The summed E-state index contributed by atoms with van der Waals surface area (Å²) in [5.41, 5.74) is 1.07. The fraction of sp³-hybridized carbons (Fsp3) is 0.500. The number of esters is 1. The molecular weight excluding hydrogens is 244 g/mol. The fourth-order valence-corrected chi connectivity index (χ4v) is 1.34. The van der Waals surface area contributed by atoms with Gasteiger partial charge in [-0.15, -0.1) is 0 Å². The van der Waals surface area contributed by atoms with Crippen LogP contribution in [0.1, 0.15) is 25.2 Å². The number of hydrogen-bond donors (Lipinski definition) is 0. The third-order valence-electron chi connectivity index (χ3n) is 2.16. The van der Waals surface area contributed by atoms with Gasteiger partial charge >= 0.3 is 12.1 Å². The Morgan fingerprint density at radius 1 is 1.39 bits per heavy atom. The summed E-state index contributed by atoms with van der Waals surface area (Å²) >= 11 is 0. The second-order valence-electron chi connectivity index (χ2n) is 3.59. The molecule has 1 aromatic heterocycles. The van der Waals surface area contributed by atoms with Crippen LogP contribution in [0.15, 0.2) is 12.1 Å². The van der Waals surface area contributed by atoms with Crippen LogP contribution < -0.4 is 4.74 Å². The molecule has 0 saturated heterocycles. The van der Waals surface area contributed by atoms with Crippen molar-refractivity contribution in [3.05, 3.63) is 23.5 Å². The SMILES string of the molecule is CCOC(=O)C(F)(F)Oc1ccc(C)nc1CC. The molecule has 1 rings (SSSR count). The van der Waals surface area contributed by atoms with Crippen LogP contribution >= 0.6 is 0 Å². The molecule has 0 unspecified atom stereocenters. The van der Waals surface area contributed by atoms with Crippen molar-refractivity contribution in [1.29, 1.82) is 0 Å². The summed E-state index contributed by atoms with van der Waals surface area (Å²) in [7, 11) is 0. The van der Waals surface area contributed by atoms with Gasteiger partial charge < -0.3 is 9.47 Å². The lowest BCUT2D eigenvalue weighted by Gasteiger charge is -2.17. The molecule has 0 aliphatic carbocycles. The smallest absolute Gasteiger partial charge is 0.459 e. The summed E-state index contributed by atoms with van der Waals surface area (Å²) < 4.78 is 35.4. The van der Waals surface area contributed by atoms with Gasteiger partial charge in [-0.3, -0.25) is 4.98 Å². The number of hydrogen-bond acceptors (Lipinski definition) is 4. The zero-order valence-corrected chi connectivity index (χ0v) is 10.5. The van der Waals surface area contributed by atoms with Crippen LogP contribution in [-0.4, -0.2) is 23.7 Å². The molecule has 0 radical (unpaired) electrons. The van der Waals surface area contributed by atoms with E-state index in [0.29, 0.717) is 17.8 Å². The largest absolute Gasteiger partial charge is 0.502 e. The minimum atomic E-state index is -4.00. The monoisotopic (exact) mass is 259 g/mol. The van der Waals surface area contributed by atoms with Crippen molar-refractivity contribution in [2.45, 2.75) is 33.3 Å². The molecule has 1 aromatic rings. The maximum atomic E-state index is 13.4. The first kappa shape index (κ1) is 14.3. The Kier molecular flexibility index (Phi) is 4.58. The van der Waals surface area contributed by atoms with E-state index in [1.54, 1.807) is 13.8 Å². The highest BCUT2D eigenvalue weighted by atomic mass is 19.3. The number of carbonyl (C=O) groups excluding carboxylic acids is 1. The van der Waals surface area contributed by atoms with Crippen molar-refractivity contribution < 1.29 is 23.0 Å². The molecule has 6 heteroatoms. The van der Waals surface area contributed by atoms with Gasteiger partial charge in [-0.05, 0) is 32.4 Å². The first-order valence-corrected chi connectivity index (χ1v) is 5.61. The first-order chi connectivity index (χ1) is 8.40. The van der Waals surface area contributed by atoms with Gasteiger partial charge in [0, 0.05) is 5.69 Å². The third kappa shape index (κ3) is 3.38. The minimum Gasteiger partial charge on any atom is -0.459 e. The minimum absolute atomic E-state index is 0.110. The summed E-state index contributed by atoms with van der Waals surface area (Å²) in [6, 6.07) is 2.91. The van der Waals surface area contributed by atoms with Crippen LogP contribution in [0.2, 0.25) is 0 Å². The molecule has 0 spiro atoms. The van der Waals surface area contributed by atoms with Gasteiger partial charge in [-0.1, -0.05) is 6.92 Å². The fourth-order valence-electron chi connectivity index (χ4n) is 1.34. The average Bonchev–Trinajstić information content (AvgIpc) is 2.31. The van der Waals surface area contributed by atoms with Gasteiger partial charge in [0.1, 0.15) is 5.75 Å². The van der Waals surface area contributed by atoms with Crippen molar-refractivity contribution >= 4 is 5.97 Å². The van der Waals surface area contributed by atoms with E-state index in [-0.39, 0.29) is 12.4 Å². The molecule has 4 nitrogen and oxygen atoms in total. The standard InChI is InChI=1S/C12H15F2NO3/c1-4-9-10(7-6-8(3)15-9)18-12(13,14)11(16)17-5-2/h6-7H,4-5H2,1-3H3. The lowest BCUT2D eigenvalue weighted by molar-refractivity contribution is -0.216. The van der Waals surface area contributed by atoms with Crippen LogP contribution in [0, 0.1) is 6.92 Å². The van der Waals surface area contributed by atoms with Crippen LogP contribution in [0.5, 0.6) is 5.75 Å². The maximum Gasteiger partial charge on any atom is 0.502 e. The number of halogens is 2. The molecule has 0 bridgehead atoms. The second kappa shape index (κ2) is 5.75. The number of carbonyl (C=O) groups is 1. The van der Waals surface area contributed by atoms with E-state index < -0.39 is 12.1 Å². The van der Waals surface area contributed by atoms with Crippen molar-refractivity contribution in [3.8, 4) is 5.75 Å². The number of alkyl halides is 2. The van der Waals surface area contributed by atoms with Gasteiger partial charge in [0.2, 0.25) is 0 Å². The number of pyridine rings is 1. The summed E-state index contributed by atoms with van der Waals surface area (Å²) in [6.45, 7) is 4.81. The van der Waals surface area contributed by atoms with Crippen molar-refractivity contribution in [2.24, 2.45) is 0 Å². The van der Waals surface area contributed by atoms with Gasteiger partial charge in [0.25, 0.3) is 0 Å². The van der Waals surface area contributed by atoms with E-state index in [9.17, 15) is 13.6 Å². The van der Waals surface area contributed by atoms with E-state index in [1.165, 1.54) is 19.1 Å². The highest BCUT2D eigenvalue weighted by Gasteiger charge is 2.44. The molecular formula is C12H15F2NO3. The van der Waals surface area contributed by atoms with Crippen molar-refractivity contribution in [2.75, 3.05) is 6.61 Å². The van der Waals surface area contributed by atoms with E-state index in [4.69, 9.17) is 0 Å². The predicted molar refractivity (Wildman–Crippen MR) is 60.6 cm³/mol. The number of rotatable bonds is 5. The highest BCUT2D eigenvalue weighted by Crippen LogP contribution is 2.26. The van der Waals surface area contributed by atoms with E-state index >= 15 is 0 Å². The molecule has 0 aliphatic rings. The van der Waals surface area contributed by atoms with Crippen molar-refractivity contribution in [1.82, 2.24) is 4.98 Å². The second-order valence-corrected chi connectivity index (χ2v) is 3.59. The van der Waals surface area contributed by atoms with Crippen molar-refractivity contribution in [3.63, 3.8) is 0 Å². The lowest BCUT2D eigenvalue weighted by atomic mass is 10.2. The molecule has 0 fully saturated rings. The third-order valence-corrected chi connectivity index (χ3v) is 2.16. The lowest BCUT2D eigenvalue weighted by Crippen LogP contribution is -2.37. The number of aromatic nitrogens is 1. The van der Waals surface area contributed by atoms with Crippen LogP contribution in [0.25, 0.3) is 0 Å². The molecule has 0 aliphatic heterocycles. The summed E-state index contributed by atoms with van der Waals surface area (Å²) in [4.78, 5) is 15.1. The Morgan fingerprint density at radius 2 is 2.06 bits per heavy atom. The first-order valence-electron chi connectivity index (χ1n) is 5.61. The number of nitrogens with zero attached hydrogens (tertiary/aromatic N) is 1. The van der Waals surface area contributed by atoms with E-state index in [2.05, 4.69) is 14.5 Å². The zero-order chi connectivity index (χ0) is 13.8. The Morgan fingerprint density at radius 3 is 2.61 bits per heavy atom. The molecule has 0 atom stereocenters. The Hall–Kier alpha value is -1.72. The van der Waals surface area contributed by atoms with Crippen LogP contribution in [-0.2, 0) is 16.0 Å². The Bertz CT molecular complexity index is 435. The predicted octanol–water partition coefficient (Wildman–Crippen LogP) is 2.49. The molecule has 0 amide bonds. The normalized spacial score (nSPS) is 11.2. The van der Waals surface area contributed by atoms with E-state index in [0.717, 1.165) is 0 Å². The molecule has 0 saturated carbocycles. The Labute approximate surface area is 104 Å². The maximum absolute atomic E-state index is 13.4. The van der Waals surface area contributed by atoms with Crippen LogP contribution in [0.4, 0.5) is 8.78 Å². The summed E-state index contributed by atoms with van der Waals surface area (Å²) in [5.74, 6) is -1.81. The Balaban J connectivity index is 2.93.